The Labute approximate surface area is 168 Å². The second-order valence-electron chi connectivity index (χ2n) is 6.80. The predicted molar refractivity (Wildman–Crippen MR) is 111 cm³/mol. The van der Waals surface area contributed by atoms with Crippen molar-refractivity contribution in [2.45, 2.75) is 26.7 Å². The van der Waals surface area contributed by atoms with Crippen LogP contribution in [0.1, 0.15) is 36.7 Å². The normalized spacial score (nSPS) is 15.6. The van der Waals surface area contributed by atoms with Gasteiger partial charge in [0.1, 0.15) is 6.54 Å². The van der Waals surface area contributed by atoms with E-state index in [0.29, 0.717) is 17.3 Å². The van der Waals surface area contributed by atoms with E-state index < -0.39 is 17.1 Å². The molecule has 0 radical (unpaired) electrons. The molecule has 1 N–H and O–H groups in total. The van der Waals surface area contributed by atoms with Gasteiger partial charge in [-0.25, -0.2) is 0 Å². The average molecular weight is 395 g/mol. The molecule has 1 aromatic heterocycles. The zero-order valence-electron chi connectivity index (χ0n) is 15.9. The number of carbonyl (C=O) groups excluding carboxylic acids is 3. The molecule has 1 aliphatic rings. The predicted octanol–water partition coefficient (Wildman–Crippen LogP) is 4.19. The molecule has 144 valence electrons. The van der Waals surface area contributed by atoms with Crippen molar-refractivity contribution in [3.8, 4) is 0 Å². The van der Waals surface area contributed by atoms with Crippen LogP contribution in [-0.4, -0.2) is 33.5 Å². The van der Waals surface area contributed by atoms with Gasteiger partial charge in [-0.05, 0) is 60.5 Å². The van der Waals surface area contributed by atoms with Gasteiger partial charge in [0.15, 0.2) is 0 Å². The first-order valence-electron chi connectivity index (χ1n) is 8.92. The number of rotatable bonds is 5. The summed E-state index contributed by atoms with van der Waals surface area (Å²) in [5.41, 5.74) is 3.20. The van der Waals surface area contributed by atoms with Gasteiger partial charge in [0, 0.05) is 11.4 Å². The Morgan fingerprint density at radius 3 is 2.54 bits per heavy atom. The standard InChI is InChI=1S/C21H21N3O3S/c1-13(2)15-7-9-16(10-8-15)23-19(25)12-24-20(26)18(28-21(24)27)11-17-6-4-5-14(3)22-17/h4-11,13H,12H2,1-3H3,(H,23,25). The van der Waals surface area contributed by atoms with Crippen molar-refractivity contribution in [2.24, 2.45) is 0 Å². The Hall–Kier alpha value is -2.93. The van der Waals surface area contributed by atoms with Crippen molar-refractivity contribution in [1.29, 1.82) is 0 Å². The van der Waals surface area contributed by atoms with Crippen molar-refractivity contribution < 1.29 is 14.4 Å². The highest BCUT2D eigenvalue weighted by molar-refractivity contribution is 8.18. The number of nitrogens with zero attached hydrogens (tertiary/aromatic N) is 2. The van der Waals surface area contributed by atoms with Crippen molar-refractivity contribution >= 4 is 40.6 Å². The molecule has 3 amide bonds. The summed E-state index contributed by atoms with van der Waals surface area (Å²) in [7, 11) is 0. The van der Waals surface area contributed by atoms with Gasteiger partial charge in [0.2, 0.25) is 5.91 Å². The number of thioether (sulfide) groups is 1. The second kappa shape index (κ2) is 8.39. The molecule has 1 aromatic carbocycles. The number of carbonyl (C=O) groups is 3. The van der Waals surface area contributed by atoms with Gasteiger partial charge in [-0.2, -0.15) is 0 Å². The first-order valence-corrected chi connectivity index (χ1v) is 9.74. The van der Waals surface area contributed by atoms with Gasteiger partial charge < -0.3 is 5.32 Å². The maximum atomic E-state index is 12.5. The molecule has 0 saturated carbocycles. The minimum Gasteiger partial charge on any atom is -0.325 e. The summed E-state index contributed by atoms with van der Waals surface area (Å²) in [6.07, 6.45) is 1.57. The first-order chi connectivity index (χ1) is 13.3. The summed E-state index contributed by atoms with van der Waals surface area (Å²) < 4.78 is 0. The molecular weight excluding hydrogens is 374 g/mol. The quantitative estimate of drug-likeness (QED) is 0.768. The molecule has 7 heteroatoms. The van der Waals surface area contributed by atoms with E-state index >= 15 is 0 Å². The number of pyridine rings is 1. The zero-order chi connectivity index (χ0) is 20.3. The van der Waals surface area contributed by atoms with Crippen molar-refractivity contribution in [3.05, 3.63) is 64.3 Å². The van der Waals surface area contributed by atoms with Gasteiger partial charge in [0.25, 0.3) is 11.1 Å². The minimum atomic E-state index is -0.483. The SMILES string of the molecule is Cc1cccc(C=C2SC(=O)N(CC(=O)Nc3ccc(C(C)C)cc3)C2=O)n1. The molecule has 0 aliphatic carbocycles. The smallest absolute Gasteiger partial charge is 0.294 e. The van der Waals surface area contributed by atoms with Crippen LogP contribution in [0.25, 0.3) is 6.08 Å². The fourth-order valence-electron chi connectivity index (χ4n) is 2.71. The number of benzene rings is 1. The van der Waals surface area contributed by atoms with Crippen LogP contribution in [0.2, 0.25) is 0 Å². The molecule has 6 nitrogen and oxygen atoms in total. The molecule has 0 unspecified atom stereocenters. The maximum Gasteiger partial charge on any atom is 0.294 e. The van der Waals surface area contributed by atoms with Crippen LogP contribution in [0.15, 0.2) is 47.4 Å². The molecule has 1 aliphatic heterocycles. The largest absolute Gasteiger partial charge is 0.325 e. The highest BCUT2D eigenvalue weighted by Crippen LogP contribution is 2.31. The van der Waals surface area contributed by atoms with Crippen molar-refractivity contribution in [1.82, 2.24) is 9.88 Å². The third kappa shape index (κ3) is 4.67. The van der Waals surface area contributed by atoms with Gasteiger partial charge >= 0.3 is 0 Å². The Morgan fingerprint density at radius 2 is 1.89 bits per heavy atom. The van der Waals surface area contributed by atoms with Gasteiger partial charge in [-0.1, -0.05) is 32.0 Å². The number of anilines is 1. The van der Waals surface area contributed by atoms with Crippen LogP contribution in [0, 0.1) is 6.92 Å². The average Bonchev–Trinajstić information content (AvgIpc) is 2.89. The van der Waals surface area contributed by atoms with Gasteiger partial charge in [-0.3, -0.25) is 24.3 Å². The minimum absolute atomic E-state index is 0.261. The van der Waals surface area contributed by atoms with E-state index in [0.717, 1.165) is 22.4 Å². The Kier molecular flexibility index (Phi) is 5.94. The highest BCUT2D eigenvalue weighted by Gasteiger charge is 2.36. The van der Waals surface area contributed by atoms with Crippen LogP contribution in [0.3, 0.4) is 0 Å². The molecule has 3 rings (SSSR count). The third-order valence-corrected chi connectivity index (χ3v) is 5.13. The second-order valence-corrected chi connectivity index (χ2v) is 7.79. The van der Waals surface area contributed by atoms with E-state index in [4.69, 9.17) is 0 Å². The first kappa shape index (κ1) is 19.8. The molecule has 2 aromatic rings. The lowest BCUT2D eigenvalue weighted by molar-refractivity contribution is -0.127. The van der Waals surface area contributed by atoms with E-state index in [1.165, 1.54) is 5.56 Å². The topological polar surface area (TPSA) is 79.4 Å². The number of hydrogen-bond acceptors (Lipinski definition) is 5. The summed E-state index contributed by atoms with van der Waals surface area (Å²) in [5.74, 6) is -0.507. The monoisotopic (exact) mass is 395 g/mol. The molecule has 1 saturated heterocycles. The van der Waals surface area contributed by atoms with Crippen LogP contribution in [0.4, 0.5) is 10.5 Å². The Morgan fingerprint density at radius 1 is 1.18 bits per heavy atom. The number of nitrogens with one attached hydrogen (secondary N) is 1. The van der Waals surface area contributed by atoms with Crippen molar-refractivity contribution in [2.75, 3.05) is 11.9 Å². The fraction of sp³-hybridized carbons (Fsp3) is 0.238. The molecule has 0 atom stereocenters. The van der Waals surface area contributed by atoms with Crippen molar-refractivity contribution in [3.63, 3.8) is 0 Å². The lowest BCUT2D eigenvalue weighted by Crippen LogP contribution is -2.36. The number of hydrogen-bond donors (Lipinski definition) is 1. The van der Waals surface area contributed by atoms with Gasteiger partial charge in [0.05, 0.1) is 10.6 Å². The highest BCUT2D eigenvalue weighted by atomic mass is 32.2. The van der Waals surface area contributed by atoms with Crippen LogP contribution in [-0.2, 0) is 9.59 Å². The number of amides is 3. The third-order valence-electron chi connectivity index (χ3n) is 4.23. The van der Waals surface area contributed by atoms with E-state index in [9.17, 15) is 14.4 Å². The molecule has 2 heterocycles. The van der Waals surface area contributed by atoms with E-state index in [-0.39, 0.29) is 11.4 Å². The van der Waals surface area contributed by atoms with Crippen LogP contribution < -0.4 is 5.32 Å². The molecule has 0 bridgehead atoms. The zero-order valence-corrected chi connectivity index (χ0v) is 16.7. The lowest BCUT2D eigenvalue weighted by atomic mass is 10.0. The molecular formula is C21H21N3O3S. The Bertz CT molecular complexity index is 952. The molecule has 28 heavy (non-hydrogen) atoms. The summed E-state index contributed by atoms with van der Waals surface area (Å²) in [5, 5.41) is 2.26. The number of aryl methyl sites for hydroxylation is 1. The van der Waals surface area contributed by atoms with E-state index in [1.54, 1.807) is 12.1 Å². The summed E-state index contributed by atoms with van der Waals surface area (Å²) in [6.45, 7) is 5.71. The lowest BCUT2D eigenvalue weighted by Gasteiger charge is -2.13. The maximum absolute atomic E-state index is 12.5. The van der Waals surface area contributed by atoms with Crippen LogP contribution >= 0.6 is 11.8 Å². The fourth-order valence-corrected chi connectivity index (χ4v) is 3.53. The van der Waals surface area contributed by atoms with Gasteiger partial charge in [-0.15, -0.1) is 0 Å². The number of aromatic nitrogens is 1. The number of imide groups is 1. The van der Waals surface area contributed by atoms with E-state index in [1.807, 2.05) is 43.3 Å². The molecule has 0 spiro atoms. The Balaban J connectivity index is 1.66. The van der Waals surface area contributed by atoms with E-state index in [2.05, 4.69) is 24.1 Å². The molecule has 1 fully saturated rings. The van der Waals surface area contributed by atoms with Crippen LogP contribution in [0.5, 0.6) is 0 Å². The summed E-state index contributed by atoms with van der Waals surface area (Å²) >= 11 is 0.814. The summed E-state index contributed by atoms with van der Waals surface area (Å²) in [4.78, 5) is 42.5. The summed E-state index contributed by atoms with van der Waals surface area (Å²) in [6, 6.07) is 12.9.